The van der Waals surface area contributed by atoms with Gasteiger partial charge >= 0.3 is 0 Å². The van der Waals surface area contributed by atoms with Crippen LogP contribution in [0.2, 0.25) is 0 Å². The number of nitrogen functional groups attached to an aromatic ring is 1. The van der Waals surface area contributed by atoms with Crippen LogP contribution in [0.25, 0.3) is 0 Å². The number of hydrogen-bond donors (Lipinski definition) is 1. The Balaban J connectivity index is 3.34. The first-order valence-electron chi connectivity index (χ1n) is 3.62. The minimum Gasteiger partial charge on any atom is -0.480 e. The summed E-state index contributed by atoms with van der Waals surface area (Å²) >= 11 is 0. The second-order valence-electron chi connectivity index (χ2n) is 2.43. The molecule has 0 amide bonds. The van der Waals surface area contributed by atoms with E-state index in [9.17, 15) is 8.78 Å². The van der Waals surface area contributed by atoms with Crippen LogP contribution in [-0.2, 0) is 0 Å². The maximum Gasteiger partial charge on any atom is 0.281 e. The first kappa shape index (κ1) is 10.2. The van der Waals surface area contributed by atoms with Crippen LogP contribution in [0, 0.1) is 11.3 Å². The topological polar surface area (TPSA) is 71.9 Å². The average Bonchev–Trinajstić information content (AvgIpc) is 2.16. The fraction of sp³-hybridized carbons (Fsp3) is 0.250. The molecule has 6 heteroatoms. The van der Waals surface area contributed by atoms with Gasteiger partial charge < -0.3 is 10.5 Å². The van der Waals surface area contributed by atoms with Crippen molar-refractivity contribution >= 4 is 5.69 Å². The summed E-state index contributed by atoms with van der Waals surface area (Å²) in [4.78, 5) is 3.44. The number of halogens is 2. The van der Waals surface area contributed by atoms with Crippen LogP contribution in [0.5, 0.6) is 5.88 Å². The lowest BCUT2D eigenvalue weighted by molar-refractivity contribution is 0.144. The fourth-order valence-corrected chi connectivity index (χ4v) is 0.945. The Kier molecular flexibility index (Phi) is 2.82. The van der Waals surface area contributed by atoms with Gasteiger partial charge in [0, 0.05) is 0 Å². The number of aromatic nitrogens is 1. The minimum absolute atomic E-state index is 0.0634. The molecule has 1 heterocycles. The third kappa shape index (κ3) is 1.71. The second kappa shape index (κ2) is 3.87. The zero-order chi connectivity index (χ0) is 10.7. The maximum absolute atomic E-state index is 12.4. The van der Waals surface area contributed by atoms with E-state index >= 15 is 0 Å². The lowest BCUT2D eigenvalue weighted by atomic mass is 10.2. The van der Waals surface area contributed by atoms with E-state index in [2.05, 4.69) is 9.72 Å². The summed E-state index contributed by atoms with van der Waals surface area (Å²) in [5.74, 6) is -0.0979. The van der Waals surface area contributed by atoms with Crippen molar-refractivity contribution in [1.29, 1.82) is 5.26 Å². The van der Waals surface area contributed by atoms with Crippen LogP contribution in [0.1, 0.15) is 17.7 Å². The van der Waals surface area contributed by atoms with E-state index in [1.165, 1.54) is 7.11 Å². The fourth-order valence-electron chi connectivity index (χ4n) is 0.945. The molecular formula is C8H7F2N3O. The number of ether oxygens (including phenoxy) is 1. The SMILES string of the molecule is COc1nc(C(F)F)c(C#N)cc1N. The number of alkyl halides is 2. The van der Waals surface area contributed by atoms with Gasteiger partial charge in [-0.15, -0.1) is 0 Å². The first-order chi connectivity index (χ1) is 6.60. The normalized spacial score (nSPS) is 9.93. The molecule has 74 valence electrons. The number of pyridine rings is 1. The van der Waals surface area contributed by atoms with Crippen LogP contribution in [0.15, 0.2) is 6.07 Å². The van der Waals surface area contributed by atoms with Crippen LogP contribution < -0.4 is 10.5 Å². The summed E-state index contributed by atoms with van der Waals surface area (Å²) < 4.78 is 29.4. The Morgan fingerprint density at radius 2 is 2.29 bits per heavy atom. The summed E-state index contributed by atoms with van der Waals surface area (Å²) in [7, 11) is 1.26. The molecule has 0 aliphatic carbocycles. The quantitative estimate of drug-likeness (QED) is 0.782. The van der Waals surface area contributed by atoms with Gasteiger partial charge in [0.15, 0.2) is 0 Å². The Hall–Kier alpha value is -1.90. The predicted octanol–water partition coefficient (Wildman–Crippen LogP) is 1.48. The van der Waals surface area contributed by atoms with E-state index in [1.54, 1.807) is 6.07 Å². The van der Waals surface area contributed by atoms with Gasteiger partial charge in [0.2, 0.25) is 5.88 Å². The number of rotatable bonds is 2. The largest absolute Gasteiger partial charge is 0.480 e. The Bertz CT molecular complexity index is 387. The summed E-state index contributed by atoms with van der Waals surface area (Å²) in [6, 6.07) is 2.71. The molecule has 1 aromatic rings. The van der Waals surface area contributed by atoms with Crippen LogP contribution in [-0.4, -0.2) is 12.1 Å². The van der Waals surface area contributed by atoms with Gasteiger partial charge in [-0.05, 0) is 6.07 Å². The van der Waals surface area contributed by atoms with Gasteiger partial charge in [-0.3, -0.25) is 0 Å². The molecule has 2 N–H and O–H groups in total. The third-order valence-electron chi connectivity index (χ3n) is 1.57. The number of nitrogens with zero attached hydrogens (tertiary/aromatic N) is 2. The molecule has 0 saturated carbocycles. The van der Waals surface area contributed by atoms with Gasteiger partial charge in [0.05, 0.1) is 18.4 Å². The summed E-state index contributed by atoms with van der Waals surface area (Å²) in [5.41, 5.74) is 4.61. The number of nitrogens with two attached hydrogens (primary N) is 1. The van der Waals surface area contributed by atoms with Crippen LogP contribution in [0.4, 0.5) is 14.5 Å². The zero-order valence-corrected chi connectivity index (χ0v) is 7.29. The summed E-state index contributed by atoms with van der Waals surface area (Å²) in [6.07, 6.45) is -2.82. The van der Waals surface area contributed by atoms with Crippen molar-refractivity contribution in [2.75, 3.05) is 12.8 Å². The molecule has 1 aromatic heterocycles. The number of hydrogen-bond acceptors (Lipinski definition) is 4. The van der Waals surface area contributed by atoms with E-state index in [-0.39, 0.29) is 17.1 Å². The molecule has 0 fully saturated rings. The molecular weight excluding hydrogens is 192 g/mol. The van der Waals surface area contributed by atoms with Crippen molar-refractivity contribution < 1.29 is 13.5 Å². The predicted molar refractivity (Wildman–Crippen MR) is 44.9 cm³/mol. The van der Waals surface area contributed by atoms with Crippen LogP contribution >= 0.6 is 0 Å². The highest BCUT2D eigenvalue weighted by Gasteiger charge is 2.18. The molecule has 0 bridgehead atoms. The minimum atomic E-state index is -2.82. The summed E-state index contributed by atoms with van der Waals surface area (Å²) in [6.45, 7) is 0. The van der Waals surface area contributed by atoms with Crippen molar-refractivity contribution in [3.8, 4) is 11.9 Å². The number of nitriles is 1. The molecule has 0 saturated heterocycles. The second-order valence-corrected chi connectivity index (χ2v) is 2.43. The van der Waals surface area contributed by atoms with Gasteiger partial charge in [-0.25, -0.2) is 13.8 Å². The molecule has 0 aromatic carbocycles. The van der Waals surface area contributed by atoms with Crippen molar-refractivity contribution in [2.24, 2.45) is 0 Å². The van der Waals surface area contributed by atoms with E-state index in [0.717, 1.165) is 6.07 Å². The third-order valence-corrected chi connectivity index (χ3v) is 1.57. The van der Waals surface area contributed by atoms with Gasteiger partial charge in [-0.1, -0.05) is 0 Å². The van der Waals surface area contributed by atoms with Gasteiger partial charge in [-0.2, -0.15) is 5.26 Å². The molecule has 1 rings (SSSR count). The van der Waals surface area contributed by atoms with Crippen molar-refractivity contribution in [1.82, 2.24) is 4.98 Å². The highest BCUT2D eigenvalue weighted by atomic mass is 19.3. The average molecular weight is 199 g/mol. The van der Waals surface area contributed by atoms with Crippen molar-refractivity contribution in [2.45, 2.75) is 6.43 Å². The standard InChI is InChI=1S/C8H7F2N3O/c1-14-8-5(12)2-4(3-11)6(13-8)7(9)10/h2,7H,12H2,1H3. The Morgan fingerprint density at radius 3 is 2.71 bits per heavy atom. The lowest BCUT2D eigenvalue weighted by Crippen LogP contribution is -2.02. The highest BCUT2D eigenvalue weighted by Crippen LogP contribution is 2.27. The van der Waals surface area contributed by atoms with Gasteiger partial charge in [0.25, 0.3) is 6.43 Å². The van der Waals surface area contributed by atoms with E-state index in [1.807, 2.05) is 0 Å². The molecule has 14 heavy (non-hydrogen) atoms. The molecule has 0 aliphatic heterocycles. The van der Waals surface area contributed by atoms with Gasteiger partial charge in [0.1, 0.15) is 11.8 Å². The monoisotopic (exact) mass is 199 g/mol. The zero-order valence-electron chi connectivity index (χ0n) is 7.29. The molecule has 0 atom stereocenters. The Morgan fingerprint density at radius 1 is 1.64 bits per heavy atom. The van der Waals surface area contributed by atoms with Crippen molar-refractivity contribution in [3.63, 3.8) is 0 Å². The first-order valence-corrected chi connectivity index (χ1v) is 3.62. The maximum atomic E-state index is 12.4. The van der Waals surface area contributed by atoms with Crippen molar-refractivity contribution in [3.05, 3.63) is 17.3 Å². The van der Waals surface area contributed by atoms with Crippen LogP contribution in [0.3, 0.4) is 0 Å². The van der Waals surface area contributed by atoms with E-state index < -0.39 is 12.1 Å². The molecule has 0 spiro atoms. The van der Waals surface area contributed by atoms with E-state index in [0.29, 0.717) is 0 Å². The number of methoxy groups -OCH3 is 1. The molecule has 0 radical (unpaired) electrons. The Labute approximate surface area is 78.9 Å². The van der Waals surface area contributed by atoms with E-state index in [4.69, 9.17) is 11.0 Å². The molecule has 0 unspecified atom stereocenters. The molecule has 0 aliphatic rings. The lowest BCUT2D eigenvalue weighted by Gasteiger charge is -2.07. The smallest absolute Gasteiger partial charge is 0.281 e. The molecule has 4 nitrogen and oxygen atoms in total. The summed E-state index contributed by atoms with van der Waals surface area (Å²) in [5, 5.41) is 8.54. The highest BCUT2D eigenvalue weighted by molar-refractivity contribution is 5.54. The number of anilines is 1.